The number of rotatable bonds is 5. The number of anilines is 1. The summed E-state index contributed by atoms with van der Waals surface area (Å²) >= 11 is 1.20. The highest BCUT2D eigenvalue weighted by Gasteiger charge is 2.68. The number of aliphatic hydroxyl groups is 1. The van der Waals surface area contributed by atoms with Crippen LogP contribution in [0.5, 0.6) is 0 Å². The molecule has 3 saturated carbocycles. The number of nitrogens with zero attached hydrogens (tertiary/aromatic N) is 2. The first kappa shape index (κ1) is 24.5. The van der Waals surface area contributed by atoms with E-state index in [1.54, 1.807) is 0 Å². The van der Waals surface area contributed by atoms with Crippen molar-refractivity contribution in [3.05, 3.63) is 0 Å². The molecule has 4 N–H and O–H groups in total. The third-order valence-corrected chi connectivity index (χ3v) is 10.6. The molecule has 0 unspecified atom stereocenters. The van der Waals surface area contributed by atoms with Crippen molar-refractivity contribution in [1.29, 1.82) is 0 Å². The highest BCUT2D eigenvalue weighted by atomic mass is 32.2. The van der Waals surface area contributed by atoms with Crippen molar-refractivity contribution in [3.63, 3.8) is 0 Å². The maximum atomic E-state index is 13.4. The Morgan fingerprint density at radius 3 is 2.67 bits per heavy atom. The molecule has 4 rings (SSSR count). The number of carbonyl (C=O) groups excluding carboxylic acids is 2. The zero-order valence-electron chi connectivity index (χ0n) is 20.4. The molecule has 8 nitrogen and oxygen atoms in total. The number of ketones is 1. The van der Waals surface area contributed by atoms with E-state index in [9.17, 15) is 14.7 Å². The molecular weight excluding hydrogens is 440 g/mol. The van der Waals surface area contributed by atoms with Crippen LogP contribution in [-0.2, 0) is 14.3 Å². The van der Waals surface area contributed by atoms with Crippen LogP contribution in [-0.4, -0.2) is 50.0 Å². The van der Waals surface area contributed by atoms with E-state index in [0.717, 1.165) is 25.7 Å². The lowest BCUT2D eigenvalue weighted by Crippen LogP contribution is -2.63. The van der Waals surface area contributed by atoms with Gasteiger partial charge in [-0.3, -0.25) is 9.59 Å². The Morgan fingerprint density at radius 2 is 2.03 bits per heavy atom. The standard InChI is InChI=1S/C24H38N4O4S/c1-6-22(4)11-16(32-17(30)12-33-21-26-20(25)27-28-21)23(5)13(2)7-9-24(14(3)19(22)31)10-8-15(29)18(23)24/h13-14,16,18-19,31H,6-12H2,1-5H3,(H3,25,26,27,28)/t13-,14+,16-,18+,19+,22-,23+,24+/m1/s1. The summed E-state index contributed by atoms with van der Waals surface area (Å²) in [6, 6.07) is 0. The van der Waals surface area contributed by atoms with Crippen molar-refractivity contribution in [3.8, 4) is 0 Å². The van der Waals surface area contributed by atoms with Crippen LogP contribution < -0.4 is 5.73 Å². The Kier molecular flexibility index (Phi) is 6.36. The third-order valence-electron chi connectivity index (χ3n) is 9.79. The molecule has 0 spiro atoms. The molecule has 0 aromatic carbocycles. The number of aromatic amines is 1. The van der Waals surface area contributed by atoms with Gasteiger partial charge in [0.05, 0.1) is 11.9 Å². The average molecular weight is 479 g/mol. The quantitative estimate of drug-likeness (QED) is 0.432. The predicted octanol–water partition coefficient (Wildman–Crippen LogP) is 3.61. The van der Waals surface area contributed by atoms with Gasteiger partial charge in [-0.25, -0.2) is 0 Å². The first-order chi connectivity index (χ1) is 15.5. The first-order valence-electron chi connectivity index (χ1n) is 12.2. The SMILES string of the molecule is CC[C@]1(C)C[C@@H](OC(=O)CSc2nnc(N)[nH]2)[C@]2(C)[C@H](C)CC[C@]3(CCC(=O)[C@H]32)[C@@H](C)[C@@H]1O. The number of hydrogen-bond donors (Lipinski definition) is 3. The van der Waals surface area contributed by atoms with Crippen molar-refractivity contribution in [2.75, 3.05) is 11.5 Å². The number of nitrogens with one attached hydrogen (secondary N) is 1. The normalized spacial score (nSPS) is 43.0. The van der Waals surface area contributed by atoms with E-state index in [0.29, 0.717) is 18.0 Å². The number of hydrogen-bond acceptors (Lipinski definition) is 8. The van der Waals surface area contributed by atoms with Crippen molar-refractivity contribution in [2.45, 2.75) is 90.5 Å². The topological polar surface area (TPSA) is 131 Å². The van der Waals surface area contributed by atoms with Gasteiger partial charge in [0.15, 0.2) is 5.16 Å². The van der Waals surface area contributed by atoms with Crippen LogP contribution in [0.3, 0.4) is 0 Å². The van der Waals surface area contributed by atoms with E-state index in [4.69, 9.17) is 10.5 Å². The van der Waals surface area contributed by atoms with Gasteiger partial charge in [-0.1, -0.05) is 46.4 Å². The molecule has 1 aromatic heterocycles. The minimum atomic E-state index is -0.554. The van der Waals surface area contributed by atoms with Gasteiger partial charge in [0, 0.05) is 17.8 Å². The Balaban J connectivity index is 1.69. The maximum Gasteiger partial charge on any atom is 0.316 e. The zero-order valence-corrected chi connectivity index (χ0v) is 21.2. The average Bonchev–Trinajstić information content (AvgIpc) is 3.36. The number of aliphatic hydroxyl groups excluding tert-OH is 1. The molecule has 0 amide bonds. The Hall–Kier alpha value is -1.61. The van der Waals surface area contributed by atoms with Crippen molar-refractivity contribution in [1.82, 2.24) is 15.2 Å². The molecule has 3 aliphatic rings. The van der Waals surface area contributed by atoms with Gasteiger partial charge in [-0.05, 0) is 54.8 Å². The lowest BCUT2D eigenvalue weighted by atomic mass is 9.43. The fraction of sp³-hybridized carbons (Fsp3) is 0.833. The van der Waals surface area contributed by atoms with Crippen LogP contribution in [0.4, 0.5) is 5.95 Å². The molecule has 0 saturated heterocycles. The van der Waals surface area contributed by atoms with Gasteiger partial charge in [-0.15, -0.1) is 10.2 Å². The molecule has 33 heavy (non-hydrogen) atoms. The van der Waals surface area contributed by atoms with E-state index < -0.39 is 23.0 Å². The van der Waals surface area contributed by atoms with E-state index in [1.165, 1.54) is 11.8 Å². The van der Waals surface area contributed by atoms with Gasteiger partial charge in [0.25, 0.3) is 0 Å². The van der Waals surface area contributed by atoms with Crippen LogP contribution >= 0.6 is 11.8 Å². The van der Waals surface area contributed by atoms with Gasteiger partial charge in [0.2, 0.25) is 5.95 Å². The molecular formula is C24H38N4O4S. The Morgan fingerprint density at radius 1 is 1.30 bits per heavy atom. The molecule has 184 valence electrons. The summed E-state index contributed by atoms with van der Waals surface area (Å²) in [5, 5.41) is 19.7. The van der Waals surface area contributed by atoms with Crippen LogP contribution in [0.2, 0.25) is 0 Å². The highest BCUT2D eigenvalue weighted by molar-refractivity contribution is 7.99. The summed E-state index contributed by atoms with van der Waals surface area (Å²) in [7, 11) is 0. The van der Waals surface area contributed by atoms with Crippen LogP contribution in [0.25, 0.3) is 0 Å². The molecule has 1 aromatic rings. The molecule has 0 radical (unpaired) electrons. The Bertz CT molecular complexity index is 924. The van der Waals surface area contributed by atoms with E-state index in [-0.39, 0.29) is 46.6 Å². The van der Waals surface area contributed by atoms with Crippen LogP contribution in [0, 0.1) is 34.0 Å². The molecule has 0 aliphatic heterocycles. The van der Waals surface area contributed by atoms with E-state index in [2.05, 4.69) is 49.8 Å². The smallest absolute Gasteiger partial charge is 0.316 e. The molecule has 3 fully saturated rings. The van der Waals surface area contributed by atoms with Crippen molar-refractivity contribution in [2.24, 2.45) is 34.0 Å². The van der Waals surface area contributed by atoms with Gasteiger partial charge < -0.3 is 20.6 Å². The van der Waals surface area contributed by atoms with Gasteiger partial charge in [-0.2, -0.15) is 0 Å². The third kappa shape index (κ3) is 3.79. The number of nitrogens with two attached hydrogens (primary N) is 1. The van der Waals surface area contributed by atoms with Gasteiger partial charge >= 0.3 is 5.97 Å². The number of esters is 1. The van der Waals surface area contributed by atoms with E-state index in [1.807, 2.05) is 0 Å². The Labute approximate surface area is 200 Å². The second kappa shape index (κ2) is 8.56. The number of ether oxygens (including phenoxy) is 1. The highest BCUT2D eigenvalue weighted by Crippen LogP contribution is 2.68. The fourth-order valence-electron chi connectivity index (χ4n) is 7.35. The van der Waals surface area contributed by atoms with Gasteiger partial charge in [0.1, 0.15) is 11.9 Å². The number of aromatic nitrogens is 3. The number of thioether (sulfide) groups is 1. The largest absolute Gasteiger partial charge is 0.461 e. The molecule has 9 heteroatoms. The number of H-pyrrole nitrogens is 1. The monoisotopic (exact) mass is 478 g/mol. The molecule has 1 heterocycles. The molecule has 3 aliphatic carbocycles. The second-order valence-corrected chi connectivity index (χ2v) is 12.1. The summed E-state index contributed by atoms with van der Waals surface area (Å²) in [4.78, 5) is 29.2. The van der Waals surface area contributed by atoms with E-state index >= 15 is 0 Å². The lowest BCUT2D eigenvalue weighted by Gasteiger charge is -2.62. The van der Waals surface area contributed by atoms with Crippen molar-refractivity contribution < 1.29 is 19.4 Å². The van der Waals surface area contributed by atoms with Crippen LogP contribution in [0.1, 0.15) is 73.1 Å². The summed E-state index contributed by atoms with van der Waals surface area (Å²) < 4.78 is 6.23. The molecule has 8 atom stereocenters. The number of carbonyl (C=O) groups is 2. The maximum absolute atomic E-state index is 13.4. The zero-order chi connectivity index (χ0) is 24.2. The summed E-state index contributed by atoms with van der Waals surface area (Å²) in [6.07, 6.45) is 3.61. The minimum absolute atomic E-state index is 0.0230. The van der Waals surface area contributed by atoms with Crippen LogP contribution in [0.15, 0.2) is 5.16 Å². The first-order valence-corrected chi connectivity index (χ1v) is 13.2. The minimum Gasteiger partial charge on any atom is -0.461 e. The summed E-state index contributed by atoms with van der Waals surface area (Å²) in [5.74, 6) is 0.260. The fourth-order valence-corrected chi connectivity index (χ4v) is 7.95. The second-order valence-electron chi connectivity index (χ2n) is 11.2. The number of nitrogen functional groups attached to an aromatic ring is 1. The summed E-state index contributed by atoms with van der Waals surface area (Å²) in [6.45, 7) is 10.7. The molecule has 2 bridgehead atoms. The summed E-state index contributed by atoms with van der Waals surface area (Å²) in [5.41, 5.74) is 4.47. The lowest BCUT2D eigenvalue weighted by molar-refractivity contribution is -0.211. The number of Topliss-reactive ketones (excluding diaryl/α,β-unsaturated/α-hetero) is 1. The van der Waals surface area contributed by atoms with Crippen molar-refractivity contribution >= 4 is 29.5 Å². The predicted molar refractivity (Wildman–Crippen MR) is 126 cm³/mol.